The fraction of sp³-hybridized carbons (Fsp3) is 0.455. The summed E-state index contributed by atoms with van der Waals surface area (Å²) in [4.78, 5) is 11.3. The van der Waals surface area contributed by atoms with Crippen molar-refractivity contribution in [3.05, 3.63) is 53.4 Å². The Morgan fingerprint density at radius 1 is 1.30 bits per heavy atom. The van der Waals surface area contributed by atoms with Gasteiger partial charge in [-0.15, -0.1) is 0 Å². The number of hydrogen-bond donors (Lipinski definition) is 1. The van der Waals surface area contributed by atoms with Crippen molar-refractivity contribution in [2.75, 3.05) is 6.61 Å². The molecule has 0 radical (unpaired) electrons. The monoisotopic (exact) mass is 485 g/mol. The van der Waals surface area contributed by atoms with E-state index in [9.17, 15) is 26.4 Å². The SMILES string of the molecule is C=C(CC)c1cc(C(F)(F)F)cc(S(=O)(=O)NC2CCCc3c2cnn3CC(=O)OCC)c1. The molecule has 0 fully saturated rings. The molecule has 0 saturated heterocycles. The van der Waals surface area contributed by atoms with E-state index in [0.717, 1.165) is 6.07 Å². The average molecular weight is 486 g/mol. The first-order valence-corrected chi connectivity index (χ1v) is 12.1. The quantitative estimate of drug-likeness (QED) is 0.565. The molecule has 1 aromatic carbocycles. The van der Waals surface area contributed by atoms with Crippen LogP contribution in [0.3, 0.4) is 0 Å². The van der Waals surface area contributed by atoms with Crippen LogP contribution in [0, 0.1) is 0 Å². The van der Waals surface area contributed by atoms with E-state index in [4.69, 9.17) is 4.74 Å². The van der Waals surface area contributed by atoms with Gasteiger partial charge in [-0.2, -0.15) is 18.3 Å². The Morgan fingerprint density at radius 3 is 2.67 bits per heavy atom. The smallest absolute Gasteiger partial charge is 0.416 e. The highest BCUT2D eigenvalue weighted by molar-refractivity contribution is 7.89. The molecule has 0 spiro atoms. The molecule has 1 atom stereocenters. The number of esters is 1. The molecule has 33 heavy (non-hydrogen) atoms. The van der Waals surface area contributed by atoms with Crippen LogP contribution in [0.15, 0.2) is 35.9 Å². The number of aromatic nitrogens is 2. The van der Waals surface area contributed by atoms with Gasteiger partial charge in [-0.3, -0.25) is 9.48 Å². The first-order chi connectivity index (χ1) is 15.5. The van der Waals surface area contributed by atoms with Crippen molar-refractivity contribution in [3.63, 3.8) is 0 Å². The summed E-state index contributed by atoms with van der Waals surface area (Å²) in [5.74, 6) is -0.459. The Balaban J connectivity index is 1.93. The minimum atomic E-state index is -4.71. The molecule has 1 aliphatic carbocycles. The number of nitrogens with zero attached hydrogens (tertiary/aromatic N) is 2. The van der Waals surface area contributed by atoms with Crippen molar-refractivity contribution in [1.82, 2.24) is 14.5 Å². The summed E-state index contributed by atoms with van der Waals surface area (Å²) in [6.07, 6.45) is -1.19. The average Bonchev–Trinajstić information content (AvgIpc) is 3.16. The molecule has 180 valence electrons. The third-order valence-corrected chi connectivity index (χ3v) is 6.97. The van der Waals surface area contributed by atoms with Crippen molar-refractivity contribution in [1.29, 1.82) is 0 Å². The number of rotatable bonds is 8. The first kappa shape index (κ1) is 25.0. The van der Waals surface area contributed by atoms with Crippen LogP contribution < -0.4 is 4.72 Å². The largest absolute Gasteiger partial charge is 0.465 e. The maximum atomic E-state index is 13.4. The first-order valence-electron chi connectivity index (χ1n) is 10.6. The Hall–Kier alpha value is -2.66. The maximum Gasteiger partial charge on any atom is 0.416 e. The highest BCUT2D eigenvalue weighted by Gasteiger charge is 2.34. The number of allylic oxidation sites excluding steroid dienone is 1. The number of hydrogen-bond acceptors (Lipinski definition) is 5. The number of halogens is 3. The lowest BCUT2D eigenvalue weighted by Gasteiger charge is -2.24. The van der Waals surface area contributed by atoms with Crippen LogP contribution in [-0.2, 0) is 38.7 Å². The minimum absolute atomic E-state index is 0.0985. The molecular weight excluding hydrogens is 459 g/mol. The summed E-state index contributed by atoms with van der Waals surface area (Å²) in [5.41, 5.74) is 0.768. The highest BCUT2D eigenvalue weighted by Crippen LogP contribution is 2.35. The Labute approximate surface area is 190 Å². The number of ether oxygens (including phenoxy) is 1. The Kier molecular flexibility index (Phi) is 7.32. The lowest BCUT2D eigenvalue weighted by atomic mass is 9.94. The second-order valence-electron chi connectivity index (χ2n) is 7.78. The van der Waals surface area contributed by atoms with E-state index in [0.29, 0.717) is 48.6 Å². The van der Waals surface area contributed by atoms with E-state index < -0.39 is 38.7 Å². The molecule has 1 aromatic heterocycles. The van der Waals surface area contributed by atoms with Gasteiger partial charge in [-0.1, -0.05) is 13.5 Å². The number of alkyl halides is 3. The van der Waals surface area contributed by atoms with E-state index in [2.05, 4.69) is 16.4 Å². The zero-order valence-electron chi connectivity index (χ0n) is 18.4. The predicted molar refractivity (Wildman–Crippen MR) is 116 cm³/mol. The zero-order valence-corrected chi connectivity index (χ0v) is 19.2. The molecular formula is C22H26F3N3O4S. The van der Waals surface area contributed by atoms with Gasteiger partial charge in [-0.25, -0.2) is 13.1 Å². The summed E-state index contributed by atoms with van der Waals surface area (Å²) < 4.78 is 75.4. The van der Waals surface area contributed by atoms with Crippen molar-refractivity contribution < 1.29 is 31.1 Å². The number of nitrogens with one attached hydrogen (secondary N) is 1. The van der Waals surface area contributed by atoms with Crippen LogP contribution in [0.1, 0.15) is 61.5 Å². The van der Waals surface area contributed by atoms with Gasteiger partial charge in [0.1, 0.15) is 6.54 Å². The van der Waals surface area contributed by atoms with E-state index >= 15 is 0 Å². The van der Waals surface area contributed by atoms with Crippen LogP contribution in [0.4, 0.5) is 13.2 Å². The third kappa shape index (κ3) is 5.64. The van der Waals surface area contributed by atoms with Crippen LogP contribution in [0.2, 0.25) is 0 Å². The van der Waals surface area contributed by atoms with Crippen molar-refractivity contribution in [3.8, 4) is 0 Å². The fourth-order valence-electron chi connectivity index (χ4n) is 3.79. The van der Waals surface area contributed by atoms with Gasteiger partial charge in [0.25, 0.3) is 0 Å². The van der Waals surface area contributed by atoms with Gasteiger partial charge in [0.15, 0.2) is 0 Å². The lowest BCUT2D eigenvalue weighted by molar-refractivity contribution is -0.144. The standard InChI is InChI=1S/C22H26F3N3O4S/c1-4-14(3)15-9-16(22(23,24)25)11-17(10-15)33(30,31)27-19-7-6-8-20-18(19)12-26-28(20)13-21(29)32-5-2/h9-12,19,27H,3-8,13H2,1-2H3. The number of carbonyl (C=O) groups is 1. The van der Waals surface area contributed by atoms with E-state index in [1.807, 2.05) is 0 Å². The van der Waals surface area contributed by atoms with Gasteiger partial charge in [-0.05, 0) is 61.9 Å². The summed E-state index contributed by atoms with van der Waals surface area (Å²) in [5, 5.41) is 4.19. The van der Waals surface area contributed by atoms with E-state index in [1.54, 1.807) is 13.8 Å². The summed E-state index contributed by atoms with van der Waals surface area (Å²) in [6.45, 7) is 7.29. The Bertz CT molecular complexity index is 1160. The molecule has 1 N–H and O–H groups in total. The van der Waals surface area contributed by atoms with Crippen molar-refractivity contribution >= 4 is 21.6 Å². The molecule has 7 nitrogen and oxygen atoms in total. The predicted octanol–water partition coefficient (Wildman–Crippen LogP) is 4.24. The highest BCUT2D eigenvalue weighted by atomic mass is 32.2. The Morgan fingerprint density at radius 2 is 2.03 bits per heavy atom. The molecule has 3 rings (SSSR count). The fourth-order valence-corrected chi connectivity index (χ4v) is 5.11. The molecule has 11 heteroatoms. The lowest BCUT2D eigenvalue weighted by Crippen LogP contribution is -2.31. The van der Waals surface area contributed by atoms with Crippen LogP contribution in [-0.4, -0.2) is 30.8 Å². The van der Waals surface area contributed by atoms with Crippen LogP contribution in [0.25, 0.3) is 5.57 Å². The summed E-state index contributed by atoms with van der Waals surface area (Å²) >= 11 is 0. The zero-order chi connectivity index (χ0) is 24.4. The van der Waals surface area contributed by atoms with E-state index in [-0.39, 0.29) is 18.7 Å². The molecule has 0 amide bonds. The second-order valence-corrected chi connectivity index (χ2v) is 9.49. The number of fused-ring (bicyclic) bond motifs is 1. The summed E-state index contributed by atoms with van der Waals surface area (Å²) in [6, 6.07) is 2.06. The van der Waals surface area contributed by atoms with Gasteiger partial charge < -0.3 is 4.74 Å². The van der Waals surface area contributed by atoms with Crippen LogP contribution in [0.5, 0.6) is 0 Å². The topological polar surface area (TPSA) is 90.3 Å². The molecule has 1 heterocycles. The molecule has 1 unspecified atom stereocenters. The molecule has 0 saturated carbocycles. The van der Waals surface area contributed by atoms with Crippen LogP contribution >= 0.6 is 0 Å². The van der Waals surface area contributed by atoms with Gasteiger partial charge >= 0.3 is 12.1 Å². The van der Waals surface area contributed by atoms with Gasteiger partial charge in [0, 0.05) is 11.3 Å². The van der Waals surface area contributed by atoms with Crippen molar-refractivity contribution in [2.45, 2.75) is 63.2 Å². The van der Waals surface area contributed by atoms with Crippen molar-refractivity contribution in [2.24, 2.45) is 0 Å². The normalized spacial score (nSPS) is 16.3. The number of carbonyl (C=O) groups excluding carboxylic acids is 1. The van der Waals surface area contributed by atoms with Gasteiger partial charge in [0.2, 0.25) is 10.0 Å². The maximum absolute atomic E-state index is 13.4. The third-order valence-electron chi connectivity index (χ3n) is 5.52. The molecule has 1 aliphatic rings. The molecule has 0 bridgehead atoms. The minimum Gasteiger partial charge on any atom is -0.465 e. The van der Waals surface area contributed by atoms with Gasteiger partial charge in [0.05, 0.1) is 29.3 Å². The van der Waals surface area contributed by atoms with E-state index in [1.165, 1.54) is 16.9 Å². The molecule has 0 aliphatic heterocycles. The second kappa shape index (κ2) is 9.68. The summed E-state index contributed by atoms with van der Waals surface area (Å²) in [7, 11) is -4.29. The number of sulfonamides is 1. The molecule has 2 aromatic rings. The number of benzene rings is 1.